The van der Waals surface area contributed by atoms with Crippen molar-refractivity contribution in [3.05, 3.63) is 46.5 Å². The summed E-state index contributed by atoms with van der Waals surface area (Å²) in [5, 5.41) is 27.4. The zero-order chi connectivity index (χ0) is 26.9. The smallest absolute Gasteiger partial charge is 0.200 e. The number of hydrogen-bond acceptors (Lipinski definition) is 9. The van der Waals surface area contributed by atoms with Crippen molar-refractivity contribution < 1.29 is 29.3 Å². The van der Waals surface area contributed by atoms with Gasteiger partial charge in [0, 0.05) is 45.2 Å². The molecule has 0 amide bonds. The second-order valence-corrected chi connectivity index (χ2v) is 9.54. The van der Waals surface area contributed by atoms with E-state index in [1.165, 1.54) is 12.1 Å². The number of nitrogens with zero attached hydrogens (tertiary/aromatic N) is 1. The van der Waals surface area contributed by atoms with Gasteiger partial charge in [-0.25, -0.2) is 0 Å². The Morgan fingerprint density at radius 3 is 1.73 bits per heavy atom. The van der Waals surface area contributed by atoms with Crippen molar-refractivity contribution in [2.75, 3.05) is 58.6 Å². The predicted molar refractivity (Wildman–Crippen MR) is 144 cm³/mol. The van der Waals surface area contributed by atoms with Crippen LogP contribution >= 0.6 is 0 Å². The van der Waals surface area contributed by atoms with Crippen molar-refractivity contribution >= 4 is 22.9 Å². The molecule has 37 heavy (non-hydrogen) atoms. The summed E-state index contributed by atoms with van der Waals surface area (Å²) in [5.74, 6) is -1.61. The maximum Gasteiger partial charge on any atom is 0.200 e. The van der Waals surface area contributed by atoms with E-state index in [1.54, 1.807) is 26.4 Å². The summed E-state index contributed by atoms with van der Waals surface area (Å²) in [4.78, 5) is 29.1. The second-order valence-electron chi connectivity index (χ2n) is 9.54. The average Bonchev–Trinajstić information content (AvgIpc) is 2.87. The van der Waals surface area contributed by atoms with Gasteiger partial charge >= 0.3 is 0 Å². The number of ether oxygens (including phenoxy) is 2. The van der Waals surface area contributed by atoms with Crippen molar-refractivity contribution in [3.63, 3.8) is 0 Å². The Labute approximate surface area is 218 Å². The molecule has 0 bridgehead atoms. The third kappa shape index (κ3) is 6.80. The van der Waals surface area contributed by atoms with Gasteiger partial charge in [0.2, 0.25) is 11.6 Å². The highest BCUT2D eigenvalue weighted by Gasteiger charge is 2.37. The lowest BCUT2D eigenvalue weighted by molar-refractivity contribution is -0.107. The zero-order valence-electron chi connectivity index (χ0n) is 22.2. The predicted octanol–water partition coefficient (Wildman–Crippen LogP) is 4.22. The third-order valence-corrected chi connectivity index (χ3v) is 6.61. The number of likely N-dealkylation sites (N-methyl/N-ethyl adjacent to an activating group) is 1. The maximum atomic E-state index is 13.6. The van der Waals surface area contributed by atoms with E-state index in [4.69, 9.17) is 9.47 Å². The molecule has 0 heterocycles. The molecule has 0 saturated heterocycles. The molecule has 1 aliphatic rings. The van der Waals surface area contributed by atoms with E-state index in [9.17, 15) is 19.8 Å². The molecule has 4 N–H and O–H groups in total. The first-order valence-corrected chi connectivity index (χ1v) is 12.8. The zero-order valence-corrected chi connectivity index (χ0v) is 22.2. The van der Waals surface area contributed by atoms with Crippen LogP contribution in [0.25, 0.3) is 0 Å². The lowest BCUT2D eigenvalue weighted by atomic mass is 9.81. The molecule has 0 fully saturated rings. The van der Waals surface area contributed by atoms with Gasteiger partial charge in [-0.2, -0.15) is 0 Å². The molecule has 0 aliphatic heterocycles. The van der Waals surface area contributed by atoms with Gasteiger partial charge < -0.3 is 35.2 Å². The second kappa shape index (κ2) is 13.4. The van der Waals surface area contributed by atoms with Crippen molar-refractivity contribution in [2.24, 2.45) is 0 Å². The Kier molecular flexibility index (Phi) is 10.3. The minimum absolute atomic E-state index is 0.153. The monoisotopic (exact) mass is 513 g/mol. The molecule has 0 spiro atoms. The molecule has 2 aromatic carbocycles. The molecule has 3 rings (SSSR count). The van der Waals surface area contributed by atoms with E-state index in [-0.39, 0.29) is 40.0 Å². The van der Waals surface area contributed by atoms with Crippen LogP contribution in [0.4, 0.5) is 11.4 Å². The Balaban J connectivity index is 1.74. The third-order valence-electron chi connectivity index (χ3n) is 6.61. The standard InChI is InChI=1S/C28H39N3O6/c1-31(2)17-16-30-19-12-11-18(29-15-9-7-5-6-8-10-22(36-3)37-4)23-24(19)28(35)26-21(33)14-13-20(32)25(26)27(23)34/h11-14,22,29-30,32-33H,5-10,15-17H2,1-4H3. The summed E-state index contributed by atoms with van der Waals surface area (Å²) in [6, 6.07) is 6.05. The quantitative estimate of drug-likeness (QED) is 0.134. The first kappa shape index (κ1) is 28.4. The van der Waals surface area contributed by atoms with E-state index in [0.29, 0.717) is 24.5 Å². The minimum Gasteiger partial charge on any atom is -0.507 e. The van der Waals surface area contributed by atoms with E-state index in [1.807, 2.05) is 19.0 Å². The number of phenols is 2. The number of hydrogen-bond donors (Lipinski definition) is 4. The Morgan fingerprint density at radius 2 is 1.22 bits per heavy atom. The minimum atomic E-state index is -0.487. The number of nitrogens with one attached hydrogen (secondary N) is 2. The lowest BCUT2D eigenvalue weighted by Crippen LogP contribution is -2.26. The number of anilines is 2. The summed E-state index contributed by atoms with van der Waals surface area (Å²) in [5.41, 5.74) is 1.19. The van der Waals surface area contributed by atoms with Gasteiger partial charge in [-0.15, -0.1) is 0 Å². The number of methoxy groups -OCH3 is 2. The number of carbonyl (C=O) groups is 2. The van der Waals surface area contributed by atoms with E-state index in [0.717, 1.165) is 45.1 Å². The number of ketones is 2. The largest absolute Gasteiger partial charge is 0.507 e. The molecule has 0 saturated carbocycles. The fraction of sp³-hybridized carbons (Fsp3) is 0.500. The number of aromatic hydroxyl groups is 2. The highest BCUT2D eigenvalue weighted by Crippen LogP contribution is 2.42. The van der Waals surface area contributed by atoms with E-state index in [2.05, 4.69) is 10.6 Å². The van der Waals surface area contributed by atoms with Crippen LogP contribution in [0.3, 0.4) is 0 Å². The Morgan fingerprint density at radius 1 is 0.730 bits per heavy atom. The van der Waals surface area contributed by atoms with Crippen molar-refractivity contribution in [1.29, 1.82) is 0 Å². The number of carbonyl (C=O) groups excluding carboxylic acids is 2. The van der Waals surface area contributed by atoms with Crippen molar-refractivity contribution in [3.8, 4) is 11.5 Å². The summed E-state index contributed by atoms with van der Waals surface area (Å²) >= 11 is 0. The molecule has 1 aliphatic carbocycles. The summed E-state index contributed by atoms with van der Waals surface area (Å²) < 4.78 is 10.4. The molecule has 9 nitrogen and oxygen atoms in total. The molecule has 9 heteroatoms. The molecule has 0 atom stereocenters. The fourth-order valence-electron chi connectivity index (χ4n) is 4.59. The van der Waals surface area contributed by atoms with Crippen molar-refractivity contribution in [2.45, 2.75) is 44.8 Å². The van der Waals surface area contributed by atoms with Crippen LogP contribution in [0.5, 0.6) is 11.5 Å². The number of benzene rings is 2. The maximum absolute atomic E-state index is 13.6. The summed E-state index contributed by atoms with van der Waals surface area (Å²) in [6.07, 6.45) is 5.83. The van der Waals surface area contributed by atoms with Crippen LogP contribution < -0.4 is 10.6 Å². The van der Waals surface area contributed by atoms with Gasteiger partial charge in [0.25, 0.3) is 0 Å². The topological polar surface area (TPSA) is 120 Å². The number of unbranched alkanes of at least 4 members (excludes halogenated alkanes) is 4. The highest BCUT2D eigenvalue weighted by molar-refractivity contribution is 6.33. The fourth-order valence-corrected chi connectivity index (χ4v) is 4.59. The van der Waals surface area contributed by atoms with E-state index < -0.39 is 11.6 Å². The highest BCUT2D eigenvalue weighted by atomic mass is 16.7. The number of phenolic OH excluding ortho intramolecular Hbond substituents is 2. The average molecular weight is 514 g/mol. The summed E-state index contributed by atoms with van der Waals surface area (Å²) in [6.45, 7) is 1.94. The van der Waals surface area contributed by atoms with Gasteiger partial charge in [0.05, 0.1) is 22.3 Å². The Hall–Kier alpha value is -3.14. The van der Waals surface area contributed by atoms with Crippen LogP contribution in [-0.4, -0.2) is 80.9 Å². The Bertz CT molecular complexity index is 1100. The first-order chi connectivity index (χ1) is 17.8. The molecular weight excluding hydrogens is 474 g/mol. The van der Waals surface area contributed by atoms with Crippen LogP contribution in [0.15, 0.2) is 24.3 Å². The number of rotatable bonds is 15. The van der Waals surface area contributed by atoms with Crippen LogP contribution in [0.1, 0.15) is 70.4 Å². The van der Waals surface area contributed by atoms with Gasteiger partial charge in [0.15, 0.2) is 6.29 Å². The van der Waals surface area contributed by atoms with Crippen LogP contribution in [0, 0.1) is 0 Å². The van der Waals surface area contributed by atoms with E-state index >= 15 is 0 Å². The SMILES string of the molecule is COC(CCCCCCCNc1ccc(NCCN(C)C)c2c1C(=O)c1c(O)ccc(O)c1C2=O)OC. The summed E-state index contributed by atoms with van der Waals surface area (Å²) in [7, 11) is 7.19. The molecule has 202 valence electrons. The first-order valence-electron chi connectivity index (χ1n) is 12.8. The van der Waals surface area contributed by atoms with Gasteiger partial charge in [-0.3, -0.25) is 9.59 Å². The van der Waals surface area contributed by atoms with Gasteiger partial charge in [0.1, 0.15) is 11.5 Å². The van der Waals surface area contributed by atoms with Gasteiger partial charge in [-0.1, -0.05) is 19.3 Å². The van der Waals surface area contributed by atoms with Gasteiger partial charge in [-0.05, 0) is 57.6 Å². The van der Waals surface area contributed by atoms with Crippen LogP contribution in [0.2, 0.25) is 0 Å². The lowest BCUT2D eigenvalue weighted by Gasteiger charge is -2.25. The normalized spacial score (nSPS) is 12.7. The molecule has 0 radical (unpaired) electrons. The molecular formula is C28H39N3O6. The molecule has 0 aromatic heterocycles. The molecule has 2 aromatic rings. The van der Waals surface area contributed by atoms with Crippen LogP contribution in [-0.2, 0) is 9.47 Å². The molecule has 0 unspecified atom stereocenters. The number of fused-ring (bicyclic) bond motifs is 2. The van der Waals surface area contributed by atoms with Crippen molar-refractivity contribution in [1.82, 2.24) is 4.90 Å².